The number of aliphatic hydroxyl groups is 1. The van der Waals surface area contributed by atoms with Gasteiger partial charge < -0.3 is 14.7 Å². The second-order valence-electron chi connectivity index (χ2n) is 9.12. The first-order valence-electron chi connectivity index (χ1n) is 10.7. The summed E-state index contributed by atoms with van der Waals surface area (Å²) >= 11 is 5.41. The van der Waals surface area contributed by atoms with Crippen LogP contribution < -0.4 is 9.80 Å². The van der Waals surface area contributed by atoms with Crippen molar-refractivity contribution < 1.29 is 37.0 Å². The molecule has 188 valence electrons. The zero-order chi connectivity index (χ0) is 26.6. The van der Waals surface area contributed by atoms with Gasteiger partial charge in [-0.2, -0.15) is 18.4 Å². The van der Waals surface area contributed by atoms with Gasteiger partial charge in [-0.05, 0) is 75.3 Å². The highest BCUT2D eigenvalue weighted by molar-refractivity contribution is 7.81. The van der Waals surface area contributed by atoms with Gasteiger partial charge in [0.05, 0.1) is 34.0 Å². The second kappa shape index (κ2) is 8.53. The fraction of sp³-hybridized carbons (Fsp3) is 0.333. The standard InChI is InChI=1S/C24H19F4N3O4S/c1-22(2)20(33)30(14-4-3-13(11-29)17(9-14)24(26,27)28)21(36)31(22)15-5-6-16(18(25)10-15)19(32)35-12-23(34)7-8-23/h3-6,9-10,34H,7-8,12H2,1-2H3. The molecule has 0 bridgehead atoms. The Labute approximate surface area is 208 Å². The van der Waals surface area contributed by atoms with Gasteiger partial charge in [0.15, 0.2) is 5.11 Å². The van der Waals surface area contributed by atoms with Crippen LogP contribution in [0.1, 0.15) is 48.2 Å². The number of alkyl halides is 3. The first-order chi connectivity index (χ1) is 16.7. The number of rotatable bonds is 5. The minimum absolute atomic E-state index is 0.0837. The van der Waals surface area contributed by atoms with Crippen molar-refractivity contribution in [2.24, 2.45) is 0 Å². The van der Waals surface area contributed by atoms with Crippen molar-refractivity contribution in [1.82, 2.24) is 0 Å². The maximum absolute atomic E-state index is 14.9. The van der Waals surface area contributed by atoms with Crippen molar-refractivity contribution in [2.45, 2.75) is 44.0 Å². The molecule has 36 heavy (non-hydrogen) atoms. The van der Waals surface area contributed by atoms with E-state index in [0.717, 1.165) is 23.1 Å². The number of nitrogens with zero attached hydrogens (tertiary/aromatic N) is 3. The van der Waals surface area contributed by atoms with E-state index in [4.69, 9.17) is 22.2 Å². The van der Waals surface area contributed by atoms with Crippen molar-refractivity contribution in [3.05, 3.63) is 58.9 Å². The molecule has 1 heterocycles. The molecule has 7 nitrogen and oxygen atoms in total. The molecular weight excluding hydrogens is 502 g/mol. The summed E-state index contributed by atoms with van der Waals surface area (Å²) in [7, 11) is 0. The fourth-order valence-corrected chi connectivity index (χ4v) is 4.36. The van der Waals surface area contributed by atoms with Crippen molar-refractivity contribution in [3.63, 3.8) is 0 Å². The van der Waals surface area contributed by atoms with Crippen LogP contribution in [-0.4, -0.2) is 39.8 Å². The third-order valence-corrected chi connectivity index (χ3v) is 6.45. The summed E-state index contributed by atoms with van der Waals surface area (Å²) in [6.45, 7) is 2.67. The molecule has 0 radical (unpaired) electrons. The van der Waals surface area contributed by atoms with Gasteiger partial charge in [0.1, 0.15) is 18.0 Å². The summed E-state index contributed by atoms with van der Waals surface area (Å²) in [6.07, 6.45) is -3.88. The van der Waals surface area contributed by atoms with E-state index >= 15 is 0 Å². The molecule has 2 fully saturated rings. The quantitative estimate of drug-likeness (QED) is 0.356. The lowest BCUT2D eigenvalue weighted by Crippen LogP contribution is -2.44. The maximum atomic E-state index is 14.9. The third-order valence-electron chi connectivity index (χ3n) is 6.09. The van der Waals surface area contributed by atoms with Crippen LogP contribution >= 0.6 is 12.2 Å². The number of benzene rings is 2. The molecule has 2 aliphatic rings. The highest BCUT2D eigenvalue weighted by Gasteiger charge is 2.51. The van der Waals surface area contributed by atoms with Crippen LogP contribution in [0.25, 0.3) is 0 Å². The molecule has 0 aromatic heterocycles. The molecular formula is C24H19F4N3O4S. The highest BCUT2D eigenvalue weighted by atomic mass is 32.1. The van der Waals surface area contributed by atoms with E-state index in [-0.39, 0.29) is 23.1 Å². The van der Waals surface area contributed by atoms with Crippen LogP contribution in [0.5, 0.6) is 0 Å². The Kier molecular flexibility index (Phi) is 6.05. The third kappa shape index (κ3) is 4.40. The van der Waals surface area contributed by atoms with Crippen molar-refractivity contribution >= 4 is 40.6 Å². The zero-order valence-electron chi connectivity index (χ0n) is 19.0. The molecule has 4 rings (SSSR count). The van der Waals surface area contributed by atoms with Crippen LogP contribution in [-0.2, 0) is 15.7 Å². The summed E-state index contributed by atoms with van der Waals surface area (Å²) in [4.78, 5) is 27.6. The lowest BCUT2D eigenvalue weighted by Gasteiger charge is -2.29. The summed E-state index contributed by atoms with van der Waals surface area (Å²) < 4.78 is 60.2. The number of hydrogen-bond acceptors (Lipinski definition) is 6. The van der Waals surface area contributed by atoms with Gasteiger partial charge >= 0.3 is 12.1 Å². The molecule has 0 unspecified atom stereocenters. The van der Waals surface area contributed by atoms with Crippen LogP contribution in [0.3, 0.4) is 0 Å². The zero-order valence-corrected chi connectivity index (χ0v) is 19.8. The first kappa shape index (κ1) is 25.5. The number of halogens is 4. The van der Waals surface area contributed by atoms with E-state index < -0.39 is 51.7 Å². The Balaban J connectivity index is 1.66. The van der Waals surface area contributed by atoms with E-state index in [1.165, 1.54) is 36.9 Å². The highest BCUT2D eigenvalue weighted by Crippen LogP contribution is 2.40. The summed E-state index contributed by atoms with van der Waals surface area (Å²) in [5.74, 6) is -2.62. The number of thiocarbonyl (C=S) groups is 1. The summed E-state index contributed by atoms with van der Waals surface area (Å²) in [6, 6.07) is 7.69. The van der Waals surface area contributed by atoms with Gasteiger partial charge in [-0.15, -0.1) is 0 Å². The van der Waals surface area contributed by atoms with E-state index in [1.807, 2.05) is 0 Å². The Morgan fingerprint density at radius 1 is 1.19 bits per heavy atom. The Bertz CT molecular complexity index is 1330. The topological polar surface area (TPSA) is 93.9 Å². The van der Waals surface area contributed by atoms with Gasteiger partial charge in [-0.1, -0.05) is 0 Å². The van der Waals surface area contributed by atoms with Gasteiger partial charge in [-0.25, -0.2) is 9.18 Å². The number of anilines is 2. The lowest BCUT2D eigenvalue weighted by molar-refractivity contribution is -0.137. The molecule has 12 heteroatoms. The molecule has 1 aliphatic heterocycles. The maximum Gasteiger partial charge on any atom is 0.417 e. The average molecular weight is 521 g/mol. The minimum atomic E-state index is -4.84. The Morgan fingerprint density at radius 2 is 1.83 bits per heavy atom. The monoisotopic (exact) mass is 521 g/mol. The molecule has 2 aromatic carbocycles. The second-order valence-corrected chi connectivity index (χ2v) is 9.49. The smallest absolute Gasteiger partial charge is 0.417 e. The lowest BCUT2D eigenvalue weighted by atomic mass is 10.0. The van der Waals surface area contributed by atoms with Crippen LogP contribution in [0.15, 0.2) is 36.4 Å². The van der Waals surface area contributed by atoms with Crippen LogP contribution in [0, 0.1) is 17.1 Å². The largest absolute Gasteiger partial charge is 0.459 e. The van der Waals surface area contributed by atoms with Gasteiger partial charge in [-0.3, -0.25) is 9.69 Å². The first-order valence-corrected chi connectivity index (χ1v) is 11.1. The number of amides is 1. The number of carbonyl (C=O) groups excluding carboxylic acids is 2. The fourth-order valence-electron chi connectivity index (χ4n) is 3.83. The van der Waals surface area contributed by atoms with Crippen LogP contribution in [0.2, 0.25) is 0 Å². The number of carbonyl (C=O) groups is 2. The van der Waals surface area contributed by atoms with Gasteiger partial charge in [0, 0.05) is 5.69 Å². The van der Waals surface area contributed by atoms with Gasteiger partial charge in [0.2, 0.25) is 0 Å². The predicted octanol–water partition coefficient (Wildman–Crippen LogP) is 4.31. The molecule has 1 aliphatic carbocycles. The molecule has 1 saturated heterocycles. The van der Waals surface area contributed by atoms with Crippen molar-refractivity contribution in [1.29, 1.82) is 5.26 Å². The minimum Gasteiger partial charge on any atom is -0.459 e. The number of esters is 1. The van der Waals surface area contributed by atoms with E-state index in [0.29, 0.717) is 18.9 Å². The van der Waals surface area contributed by atoms with E-state index in [1.54, 1.807) is 0 Å². The number of hydrogen-bond donors (Lipinski definition) is 1. The predicted molar refractivity (Wildman–Crippen MR) is 124 cm³/mol. The molecule has 1 N–H and O–H groups in total. The average Bonchev–Trinajstić information content (AvgIpc) is 3.50. The summed E-state index contributed by atoms with van der Waals surface area (Å²) in [5.41, 5.74) is -4.84. The molecule has 1 saturated carbocycles. The Hall–Kier alpha value is -3.56. The van der Waals surface area contributed by atoms with Crippen molar-refractivity contribution in [2.75, 3.05) is 16.4 Å². The number of nitriles is 1. The molecule has 0 spiro atoms. The van der Waals surface area contributed by atoms with Crippen molar-refractivity contribution in [3.8, 4) is 6.07 Å². The summed E-state index contributed by atoms with van der Waals surface area (Å²) in [5, 5.41) is 18.6. The van der Waals surface area contributed by atoms with E-state index in [2.05, 4.69) is 0 Å². The van der Waals surface area contributed by atoms with Crippen LogP contribution in [0.4, 0.5) is 28.9 Å². The van der Waals surface area contributed by atoms with E-state index in [9.17, 15) is 32.3 Å². The molecule has 2 aromatic rings. The number of ether oxygens (including phenoxy) is 1. The molecule has 1 amide bonds. The Morgan fingerprint density at radius 3 is 2.39 bits per heavy atom. The molecule has 0 atom stereocenters. The SMILES string of the molecule is CC1(C)C(=O)N(c2ccc(C#N)c(C(F)(F)F)c2)C(=S)N1c1ccc(C(=O)OCC2(O)CC2)c(F)c1. The normalized spacial score (nSPS) is 18.3. The van der Waals surface area contributed by atoms with Gasteiger partial charge in [0.25, 0.3) is 5.91 Å².